The van der Waals surface area contributed by atoms with Crippen LogP contribution in [0.5, 0.6) is 0 Å². The summed E-state index contributed by atoms with van der Waals surface area (Å²) < 4.78 is 0. The molecule has 1 unspecified atom stereocenters. The van der Waals surface area contributed by atoms with Gasteiger partial charge in [0.15, 0.2) is 0 Å². The number of rotatable bonds is 9. The van der Waals surface area contributed by atoms with Gasteiger partial charge in [-0.2, -0.15) is 0 Å². The van der Waals surface area contributed by atoms with Crippen LogP contribution in [-0.4, -0.2) is 30.6 Å². The molecule has 1 fully saturated rings. The molecular weight excluding hydrogens is 220 g/mol. The highest BCUT2D eigenvalue weighted by molar-refractivity contribution is 4.79. The summed E-state index contributed by atoms with van der Waals surface area (Å²) in [5, 5.41) is 0. The average Bonchev–Trinajstić information content (AvgIpc) is 2.86. The maximum atomic E-state index is 5.94. The summed E-state index contributed by atoms with van der Waals surface area (Å²) in [4.78, 5) is 2.76. The van der Waals surface area contributed by atoms with Crippen molar-refractivity contribution in [1.29, 1.82) is 0 Å². The molecule has 0 radical (unpaired) electrons. The molecule has 1 saturated carbocycles. The van der Waals surface area contributed by atoms with Crippen molar-refractivity contribution in [2.75, 3.05) is 19.6 Å². The summed E-state index contributed by atoms with van der Waals surface area (Å²) in [5.74, 6) is 1.53. The lowest BCUT2D eigenvalue weighted by molar-refractivity contribution is 0.157. The molecule has 0 aromatic rings. The van der Waals surface area contributed by atoms with Crippen LogP contribution < -0.4 is 5.73 Å². The van der Waals surface area contributed by atoms with Crippen LogP contribution in [0.15, 0.2) is 0 Å². The molecule has 2 heteroatoms. The maximum Gasteiger partial charge on any atom is 0.00953 e. The Morgan fingerprint density at radius 1 is 1.17 bits per heavy atom. The lowest BCUT2D eigenvalue weighted by Crippen LogP contribution is -2.40. The van der Waals surface area contributed by atoms with Gasteiger partial charge in [-0.15, -0.1) is 0 Å². The molecule has 108 valence electrons. The van der Waals surface area contributed by atoms with Crippen molar-refractivity contribution in [3.05, 3.63) is 0 Å². The summed E-state index contributed by atoms with van der Waals surface area (Å²) in [6, 6.07) is 0.856. The molecule has 0 bridgehead atoms. The van der Waals surface area contributed by atoms with Crippen molar-refractivity contribution in [2.45, 2.75) is 71.8 Å². The van der Waals surface area contributed by atoms with Gasteiger partial charge in [-0.3, -0.25) is 0 Å². The van der Waals surface area contributed by atoms with Gasteiger partial charge in [0.1, 0.15) is 0 Å². The van der Waals surface area contributed by atoms with E-state index < -0.39 is 0 Å². The first-order valence-electron chi connectivity index (χ1n) is 8.11. The third-order valence-electron chi connectivity index (χ3n) is 4.36. The third kappa shape index (κ3) is 5.71. The molecule has 2 N–H and O–H groups in total. The zero-order valence-electron chi connectivity index (χ0n) is 12.8. The Morgan fingerprint density at radius 2 is 1.83 bits per heavy atom. The van der Waals surface area contributed by atoms with Crippen LogP contribution in [0, 0.1) is 11.8 Å². The van der Waals surface area contributed by atoms with Gasteiger partial charge in [-0.1, -0.05) is 40.0 Å². The number of hydrogen-bond acceptors (Lipinski definition) is 2. The van der Waals surface area contributed by atoms with Gasteiger partial charge in [0.2, 0.25) is 0 Å². The third-order valence-corrected chi connectivity index (χ3v) is 4.36. The molecule has 1 aliphatic rings. The summed E-state index contributed by atoms with van der Waals surface area (Å²) in [7, 11) is 0. The molecule has 0 aliphatic heterocycles. The van der Waals surface area contributed by atoms with E-state index >= 15 is 0 Å². The van der Waals surface area contributed by atoms with Gasteiger partial charge < -0.3 is 10.6 Å². The second kappa shape index (κ2) is 8.92. The van der Waals surface area contributed by atoms with Crippen LogP contribution in [0.2, 0.25) is 0 Å². The largest absolute Gasteiger partial charge is 0.330 e. The van der Waals surface area contributed by atoms with Crippen molar-refractivity contribution < 1.29 is 0 Å². The van der Waals surface area contributed by atoms with Gasteiger partial charge in [-0.05, 0) is 50.6 Å². The van der Waals surface area contributed by atoms with Crippen LogP contribution >= 0.6 is 0 Å². The topological polar surface area (TPSA) is 29.3 Å². The molecule has 0 aromatic carbocycles. The molecule has 1 rings (SSSR count). The maximum absolute atomic E-state index is 5.94. The monoisotopic (exact) mass is 254 g/mol. The number of nitrogens with zero attached hydrogens (tertiary/aromatic N) is 1. The Morgan fingerprint density at radius 3 is 2.33 bits per heavy atom. The Labute approximate surface area is 114 Å². The number of nitrogens with two attached hydrogens (primary N) is 1. The summed E-state index contributed by atoms with van der Waals surface area (Å²) >= 11 is 0. The highest BCUT2D eigenvalue weighted by atomic mass is 15.2. The second-order valence-electron chi connectivity index (χ2n) is 6.51. The van der Waals surface area contributed by atoms with Crippen LogP contribution in [0.3, 0.4) is 0 Å². The van der Waals surface area contributed by atoms with Gasteiger partial charge in [-0.25, -0.2) is 0 Å². The minimum Gasteiger partial charge on any atom is -0.330 e. The first-order chi connectivity index (χ1) is 8.67. The Hall–Kier alpha value is -0.0800. The standard InChI is InChI=1S/C16H34N2/c1-4-7-15(12-17)13-18(11-10-14(2)3)16-8-5-6-9-16/h14-16H,4-13,17H2,1-3H3. The van der Waals surface area contributed by atoms with Crippen molar-refractivity contribution in [3.8, 4) is 0 Å². The van der Waals surface area contributed by atoms with E-state index in [1.807, 2.05) is 0 Å². The fourth-order valence-corrected chi connectivity index (χ4v) is 3.14. The SMILES string of the molecule is CCCC(CN)CN(CCC(C)C)C1CCCC1. The van der Waals surface area contributed by atoms with Crippen LogP contribution in [0.25, 0.3) is 0 Å². The van der Waals surface area contributed by atoms with Gasteiger partial charge in [0, 0.05) is 12.6 Å². The predicted molar refractivity (Wildman–Crippen MR) is 80.7 cm³/mol. The van der Waals surface area contributed by atoms with E-state index in [1.54, 1.807) is 0 Å². The first kappa shape index (κ1) is 16.0. The minimum atomic E-state index is 0.711. The molecule has 2 nitrogen and oxygen atoms in total. The van der Waals surface area contributed by atoms with Crippen molar-refractivity contribution in [2.24, 2.45) is 17.6 Å². The first-order valence-corrected chi connectivity index (χ1v) is 8.11. The zero-order valence-corrected chi connectivity index (χ0v) is 12.8. The lowest BCUT2D eigenvalue weighted by Gasteiger charge is -2.32. The quantitative estimate of drug-likeness (QED) is 0.680. The summed E-state index contributed by atoms with van der Waals surface area (Å²) in [6.45, 7) is 10.3. The van der Waals surface area contributed by atoms with E-state index in [4.69, 9.17) is 5.73 Å². The molecule has 18 heavy (non-hydrogen) atoms. The molecule has 1 aliphatic carbocycles. The minimum absolute atomic E-state index is 0.711. The molecule has 0 amide bonds. The highest BCUT2D eigenvalue weighted by Gasteiger charge is 2.24. The molecular formula is C16H34N2. The zero-order chi connectivity index (χ0) is 13.4. The fraction of sp³-hybridized carbons (Fsp3) is 1.00. The van der Waals surface area contributed by atoms with E-state index in [-0.39, 0.29) is 0 Å². The Bertz CT molecular complexity index is 197. The van der Waals surface area contributed by atoms with E-state index in [2.05, 4.69) is 25.7 Å². The molecule has 1 atom stereocenters. The summed E-state index contributed by atoms with van der Waals surface area (Å²) in [5.41, 5.74) is 5.94. The average molecular weight is 254 g/mol. The Kier molecular flexibility index (Phi) is 7.92. The fourth-order valence-electron chi connectivity index (χ4n) is 3.14. The van der Waals surface area contributed by atoms with Gasteiger partial charge in [0.05, 0.1) is 0 Å². The van der Waals surface area contributed by atoms with Crippen molar-refractivity contribution in [1.82, 2.24) is 4.90 Å². The molecule has 0 aromatic heterocycles. The van der Waals surface area contributed by atoms with Gasteiger partial charge in [0.25, 0.3) is 0 Å². The number of hydrogen-bond donors (Lipinski definition) is 1. The Balaban J connectivity index is 2.46. The summed E-state index contributed by atoms with van der Waals surface area (Å²) in [6.07, 6.45) is 9.60. The molecule has 0 heterocycles. The van der Waals surface area contributed by atoms with Crippen LogP contribution in [-0.2, 0) is 0 Å². The highest BCUT2D eigenvalue weighted by Crippen LogP contribution is 2.25. The van der Waals surface area contributed by atoms with Crippen molar-refractivity contribution in [3.63, 3.8) is 0 Å². The van der Waals surface area contributed by atoms with E-state index in [0.29, 0.717) is 5.92 Å². The second-order valence-corrected chi connectivity index (χ2v) is 6.51. The predicted octanol–water partition coefficient (Wildman–Crippen LogP) is 3.65. The lowest BCUT2D eigenvalue weighted by atomic mass is 10.0. The smallest absolute Gasteiger partial charge is 0.00953 e. The van der Waals surface area contributed by atoms with Crippen LogP contribution in [0.4, 0.5) is 0 Å². The van der Waals surface area contributed by atoms with Gasteiger partial charge >= 0.3 is 0 Å². The van der Waals surface area contributed by atoms with E-state index in [9.17, 15) is 0 Å². The van der Waals surface area contributed by atoms with Crippen molar-refractivity contribution >= 4 is 0 Å². The molecule has 0 spiro atoms. The normalized spacial score (nSPS) is 19.0. The van der Waals surface area contributed by atoms with Crippen LogP contribution in [0.1, 0.15) is 65.7 Å². The molecule has 0 saturated heterocycles. The van der Waals surface area contributed by atoms with E-state index in [0.717, 1.165) is 18.5 Å². The van der Waals surface area contributed by atoms with E-state index in [1.165, 1.54) is 58.0 Å².